The maximum atomic E-state index is 11.4. The molecule has 1 aliphatic heterocycles. The summed E-state index contributed by atoms with van der Waals surface area (Å²) in [4.78, 5) is 13.7. The van der Waals surface area contributed by atoms with Crippen LogP contribution in [-0.4, -0.2) is 31.3 Å². The molecule has 1 heterocycles. The summed E-state index contributed by atoms with van der Waals surface area (Å²) in [6.07, 6.45) is 7.79. The molecule has 114 valence electrons. The van der Waals surface area contributed by atoms with E-state index in [1.54, 1.807) is 19.2 Å². The number of methoxy groups -OCH3 is 1. The van der Waals surface area contributed by atoms with Gasteiger partial charge in [0.2, 0.25) is 0 Å². The van der Waals surface area contributed by atoms with Gasteiger partial charge in [-0.25, -0.2) is 4.79 Å². The zero-order chi connectivity index (χ0) is 14.9. The fraction of sp³-hybridized carbons (Fsp3) is 0.588. The number of ether oxygens (including phenoxy) is 1. The maximum absolute atomic E-state index is 11.4. The fourth-order valence-electron chi connectivity index (χ4n) is 3.93. The monoisotopic (exact) mass is 289 g/mol. The minimum Gasteiger partial charge on any atom is -0.497 e. The average Bonchev–Trinajstić information content (AvgIpc) is 2.95. The molecule has 1 aromatic carbocycles. The van der Waals surface area contributed by atoms with E-state index in [1.165, 1.54) is 38.5 Å². The van der Waals surface area contributed by atoms with E-state index in [0.717, 1.165) is 24.5 Å². The van der Waals surface area contributed by atoms with Crippen molar-refractivity contribution in [3.8, 4) is 5.75 Å². The average molecular weight is 289 g/mol. The van der Waals surface area contributed by atoms with E-state index in [2.05, 4.69) is 4.90 Å². The van der Waals surface area contributed by atoms with Crippen LogP contribution in [0.2, 0.25) is 0 Å². The van der Waals surface area contributed by atoms with Gasteiger partial charge in [-0.15, -0.1) is 0 Å². The zero-order valence-electron chi connectivity index (χ0n) is 12.6. The van der Waals surface area contributed by atoms with Gasteiger partial charge in [0.25, 0.3) is 0 Å². The lowest BCUT2D eigenvalue weighted by molar-refractivity contribution is 0.0697. The molecule has 1 aliphatic carbocycles. The Morgan fingerprint density at radius 2 is 1.86 bits per heavy atom. The first kappa shape index (κ1) is 14.2. The molecule has 1 N–H and O–H groups in total. The number of carboxylic acid groups (broad SMARTS) is 1. The first-order valence-electron chi connectivity index (χ1n) is 7.80. The maximum Gasteiger partial charge on any atom is 0.337 e. The van der Waals surface area contributed by atoms with E-state index in [0.29, 0.717) is 11.0 Å². The summed E-state index contributed by atoms with van der Waals surface area (Å²) in [5.74, 6) is -0.148. The number of carbonyl (C=O) groups is 1. The number of aromatic carboxylic acids is 1. The van der Waals surface area contributed by atoms with Crippen LogP contribution < -0.4 is 9.64 Å². The standard InChI is InChI=1S/C17H23NO3/c1-21-13-4-5-14(16(19)20)15(12-13)18-10-8-17(9-11-18)6-2-3-7-17/h4-5,12H,2-3,6-11H2,1H3,(H,19,20). The Morgan fingerprint density at radius 1 is 1.19 bits per heavy atom. The van der Waals surface area contributed by atoms with Crippen molar-refractivity contribution in [3.63, 3.8) is 0 Å². The lowest BCUT2D eigenvalue weighted by Crippen LogP contribution is -2.39. The number of hydrogen-bond donors (Lipinski definition) is 1. The van der Waals surface area contributed by atoms with Crippen molar-refractivity contribution >= 4 is 11.7 Å². The van der Waals surface area contributed by atoms with Gasteiger partial charge in [-0.2, -0.15) is 0 Å². The highest BCUT2D eigenvalue weighted by Crippen LogP contribution is 2.47. The van der Waals surface area contributed by atoms with Crippen molar-refractivity contribution in [3.05, 3.63) is 23.8 Å². The van der Waals surface area contributed by atoms with E-state index in [9.17, 15) is 9.90 Å². The predicted molar refractivity (Wildman–Crippen MR) is 82.3 cm³/mol. The minimum atomic E-state index is -0.867. The summed E-state index contributed by atoms with van der Waals surface area (Å²) >= 11 is 0. The summed E-state index contributed by atoms with van der Waals surface area (Å²) in [6, 6.07) is 5.22. The van der Waals surface area contributed by atoms with Gasteiger partial charge in [0.15, 0.2) is 0 Å². The smallest absolute Gasteiger partial charge is 0.337 e. The highest BCUT2D eigenvalue weighted by molar-refractivity contribution is 5.94. The fourth-order valence-corrected chi connectivity index (χ4v) is 3.93. The van der Waals surface area contributed by atoms with Crippen molar-refractivity contribution in [1.82, 2.24) is 0 Å². The van der Waals surface area contributed by atoms with Crippen LogP contribution in [0.5, 0.6) is 5.75 Å². The SMILES string of the molecule is COc1ccc(C(=O)O)c(N2CCC3(CCCC3)CC2)c1. The van der Waals surface area contributed by atoms with Gasteiger partial charge in [-0.1, -0.05) is 12.8 Å². The molecular formula is C17H23NO3. The van der Waals surface area contributed by atoms with E-state index >= 15 is 0 Å². The summed E-state index contributed by atoms with van der Waals surface area (Å²) in [5.41, 5.74) is 1.71. The molecule has 1 saturated heterocycles. The van der Waals surface area contributed by atoms with Crippen LogP contribution in [0.4, 0.5) is 5.69 Å². The number of carboxylic acids is 1. The largest absolute Gasteiger partial charge is 0.497 e. The van der Waals surface area contributed by atoms with Crippen molar-refractivity contribution in [1.29, 1.82) is 0 Å². The molecule has 0 bridgehead atoms. The summed E-state index contributed by atoms with van der Waals surface area (Å²) in [5, 5.41) is 9.40. The third-order valence-corrected chi connectivity index (χ3v) is 5.26. The molecule has 4 heteroatoms. The van der Waals surface area contributed by atoms with Gasteiger partial charge in [0.1, 0.15) is 5.75 Å². The van der Waals surface area contributed by atoms with Crippen molar-refractivity contribution in [2.75, 3.05) is 25.1 Å². The van der Waals surface area contributed by atoms with Gasteiger partial charge >= 0.3 is 5.97 Å². The van der Waals surface area contributed by atoms with E-state index in [-0.39, 0.29) is 0 Å². The Labute approximate surface area is 125 Å². The molecule has 1 aromatic rings. The minimum absolute atomic E-state index is 0.373. The molecular weight excluding hydrogens is 266 g/mol. The summed E-state index contributed by atoms with van der Waals surface area (Å²) < 4.78 is 5.25. The molecule has 0 amide bonds. The van der Waals surface area contributed by atoms with Gasteiger partial charge in [0, 0.05) is 19.2 Å². The second-order valence-electron chi connectivity index (χ2n) is 6.38. The first-order chi connectivity index (χ1) is 10.1. The Morgan fingerprint density at radius 3 is 2.43 bits per heavy atom. The lowest BCUT2D eigenvalue weighted by Gasteiger charge is -2.41. The second-order valence-corrected chi connectivity index (χ2v) is 6.38. The van der Waals surface area contributed by atoms with Crippen molar-refractivity contribution in [2.24, 2.45) is 5.41 Å². The Balaban J connectivity index is 1.82. The van der Waals surface area contributed by atoms with Crippen LogP contribution in [0.25, 0.3) is 0 Å². The van der Waals surface area contributed by atoms with Crippen LogP contribution in [0.15, 0.2) is 18.2 Å². The van der Waals surface area contributed by atoms with Gasteiger partial charge in [0.05, 0.1) is 18.4 Å². The van der Waals surface area contributed by atoms with Crippen molar-refractivity contribution in [2.45, 2.75) is 38.5 Å². The number of anilines is 1. The topological polar surface area (TPSA) is 49.8 Å². The van der Waals surface area contributed by atoms with Gasteiger partial charge in [-0.3, -0.25) is 0 Å². The highest BCUT2D eigenvalue weighted by Gasteiger charge is 2.37. The predicted octanol–water partition coefficient (Wildman–Crippen LogP) is 3.55. The number of piperidine rings is 1. The molecule has 21 heavy (non-hydrogen) atoms. The van der Waals surface area contributed by atoms with Crippen LogP contribution in [0.3, 0.4) is 0 Å². The van der Waals surface area contributed by atoms with Gasteiger partial charge < -0.3 is 14.7 Å². The molecule has 0 radical (unpaired) electrons. The normalized spacial score (nSPS) is 20.7. The number of hydrogen-bond acceptors (Lipinski definition) is 3. The molecule has 0 unspecified atom stereocenters. The van der Waals surface area contributed by atoms with Crippen LogP contribution >= 0.6 is 0 Å². The molecule has 0 atom stereocenters. The van der Waals surface area contributed by atoms with Crippen LogP contribution in [-0.2, 0) is 0 Å². The lowest BCUT2D eigenvalue weighted by atomic mass is 9.77. The Bertz CT molecular complexity index is 525. The molecule has 2 fully saturated rings. The van der Waals surface area contributed by atoms with E-state index in [1.807, 2.05) is 6.07 Å². The van der Waals surface area contributed by atoms with Crippen LogP contribution in [0, 0.1) is 5.41 Å². The van der Waals surface area contributed by atoms with Crippen molar-refractivity contribution < 1.29 is 14.6 Å². The second kappa shape index (κ2) is 5.58. The number of nitrogens with zero attached hydrogens (tertiary/aromatic N) is 1. The van der Waals surface area contributed by atoms with Gasteiger partial charge in [-0.05, 0) is 43.2 Å². The summed E-state index contributed by atoms with van der Waals surface area (Å²) in [7, 11) is 1.61. The first-order valence-corrected chi connectivity index (χ1v) is 7.80. The molecule has 2 aliphatic rings. The third-order valence-electron chi connectivity index (χ3n) is 5.26. The molecule has 1 spiro atoms. The third kappa shape index (κ3) is 2.71. The van der Waals surface area contributed by atoms with Crippen LogP contribution in [0.1, 0.15) is 48.9 Å². The summed E-state index contributed by atoms with van der Waals surface area (Å²) in [6.45, 7) is 1.90. The number of rotatable bonds is 3. The molecule has 3 rings (SSSR count). The highest BCUT2D eigenvalue weighted by atomic mass is 16.5. The van der Waals surface area contributed by atoms with E-state index in [4.69, 9.17) is 4.74 Å². The number of benzene rings is 1. The Kier molecular flexibility index (Phi) is 3.79. The quantitative estimate of drug-likeness (QED) is 0.924. The zero-order valence-corrected chi connectivity index (χ0v) is 12.6. The molecule has 0 aromatic heterocycles. The molecule has 1 saturated carbocycles. The van der Waals surface area contributed by atoms with E-state index < -0.39 is 5.97 Å². The molecule has 4 nitrogen and oxygen atoms in total. The Hall–Kier alpha value is -1.71.